The lowest BCUT2D eigenvalue weighted by atomic mass is 9.96. The summed E-state index contributed by atoms with van der Waals surface area (Å²) in [5, 5.41) is 8.60. The van der Waals surface area contributed by atoms with Crippen LogP contribution in [0.15, 0.2) is 30.3 Å². The van der Waals surface area contributed by atoms with Gasteiger partial charge in [0.1, 0.15) is 0 Å². The molecule has 0 radical (unpaired) electrons. The number of aliphatic carboxylic acids is 1. The first-order valence-corrected chi connectivity index (χ1v) is 7.33. The Hall–Kier alpha value is -2.10. The number of carbonyl (C=O) groups excluding carboxylic acids is 1. The fourth-order valence-corrected chi connectivity index (χ4v) is 2.87. The van der Waals surface area contributed by atoms with Gasteiger partial charge >= 0.3 is 5.97 Å². The molecule has 1 aliphatic rings. The summed E-state index contributed by atoms with van der Waals surface area (Å²) in [5.74, 6) is -0.922. The van der Waals surface area contributed by atoms with Gasteiger partial charge in [0.25, 0.3) is 5.91 Å². The van der Waals surface area contributed by atoms with Gasteiger partial charge in [0.2, 0.25) is 0 Å². The number of nitrogens with zero attached hydrogens (tertiary/aromatic N) is 1. The van der Waals surface area contributed by atoms with E-state index in [1.54, 1.807) is 24.3 Å². The van der Waals surface area contributed by atoms with Crippen LogP contribution in [0.25, 0.3) is 6.08 Å². The average Bonchev–Trinajstić information content (AvgIpc) is 2.45. The minimum absolute atomic E-state index is 0.0588. The van der Waals surface area contributed by atoms with Gasteiger partial charge in [-0.2, -0.15) is 0 Å². The lowest BCUT2D eigenvalue weighted by molar-refractivity contribution is -0.131. The van der Waals surface area contributed by atoms with Crippen LogP contribution in [0.2, 0.25) is 0 Å². The van der Waals surface area contributed by atoms with Crippen molar-refractivity contribution in [2.45, 2.75) is 45.2 Å². The third kappa shape index (κ3) is 3.72. The Morgan fingerprint density at radius 3 is 2.24 bits per heavy atom. The van der Waals surface area contributed by atoms with Gasteiger partial charge in [-0.25, -0.2) is 4.79 Å². The zero-order chi connectivity index (χ0) is 15.4. The van der Waals surface area contributed by atoms with E-state index in [0.717, 1.165) is 24.5 Å². The minimum atomic E-state index is -0.980. The highest BCUT2D eigenvalue weighted by Crippen LogP contribution is 2.24. The van der Waals surface area contributed by atoms with Gasteiger partial charge in [0, 0.05) is 23.7 Å². The van der Waals surface area contributed by atoms with Gasteiger partial charge in [-0.15, -0.1) is 0 Å². The van der Waals surface area contributed by atoms with Gasteiger partial charge in [0.05, 0.1) is 0 Å². The maximum atomic E-state index is 12.6. The molecule has 2 unspecified atom stereocenters. The van der Waals surface area contributed by atoms with Crippen LogP contribution in [0.3, 0.4) is 0 Å². The molecular weight excluding hydrogens is 266 g/mol. The van der Waals surface area contributed by atoms with E-state index in [1.165, 1.54) is 12.5 Å². The molecular formula is C17H21NO3. The van der Waals surface area contributed by atoms with Crippen molar-refractivity contribution in [1.82, 2.24) is 4.90 Å². The molecule has 1 fully saturated rings. The predicted octanol–water partition coefficient (Wildman–Crippen LogP) is 3.19. The molecule has 0 spiro atoms. The quantitative estimate of drug-likeness (QED) is 0.869. The number of piperidine rings is 1. The molecule has 0 saturated carbocycles. The zero-order valence-corrected chi connectivity index (χ0v) is 12.5. The summed E-state index contributed by atoms with van der Waals surface area (Å²) in [6, 6.07) is 7.61. The number of carbonyl (C=O) groups is 2. The van der Waals surface area contributed by atoms with Crippen molar-refractivity contribution < 1.29 is 14.7 Å². The first-order valence-electron chi connectivity index (χ1n) is 7.33. The van der Waals surface area contributed by atoms with Crippen LogP contribution in [-0.2, 0) is 4.79 Å². The van der Waals surface area contributed by atoms with Crippen LogP contribution in [0.4, 0.5) is 0 Å². The monoisotopic (exact) mass is 287 g/mol. The topological polar surface area (TPSA) is 57.6 Å². The average molecular weight is 287 g/mol. The molecule has 1 heterocycles. The second-order valence-corrected chi connectivity index (χ2v) is 5.63. The molecule has 2 atom stereocenters. The highest BCUT2D eigenvalue weighted by atomic mass is 16.4. The molecule has 0 aliphatic carbocycles. The Bertz CT molecular complexity index is 538. The lowest BCUT2D eigenvalue weighted by Crippen LogP contribution is -2.47. The first-order chi connectivity index (χ1) is 9.99. The minimum Gasteiger partial charge on any atom is -0.478 e. The molecule has 2 rings (SSSR count). The molecule has 0 aromatic heterocycles. The summed E-state index contributed by atoms with van der Waals surface area (Å²) >= 11 is 0. The Morgan fingerprint density at radius 1 is 1.14 bits per heavy atom. The highest BCUT2D eigenvalue weighted by Gasteiger charge is 2.29. The SMILES string of the molecule is CC1CCCC(C)N1C(=O)c1ccc(C=CC(=O)O)cc1. The van der Waals surface area contributed by atoms with Crippen molar-refractivity contribution in [3.05, 3.63) is 41.5 Å². The number of rotatable bonds is 3. The third-order valence-corrected chi connectivity index (χ3v) is 4.00. The highest BCUT2D eigenvalue weighted by molar-refractivity contribution is 5.95. The standard InChI is InChI=1S/C17H21NO3/c1-12-4-3-5-13(2)18(12)17(21)15-9-6-14(7-10-15)8-11-16(19)20/h6-13H,3-5H2,1-2H3,(H,19,20). The van der Waals surface area contributed by atoms with E-state index >= 15 is 0 Å². The van der Waals surface area contributed by atoms with Gasteiger partial charge in [0.15, 0.2) is 0 Å². The lowest BCUT2D eigenvalue weighted by Gasteiger charge is -2.39. The number of hydrogen-bond acceptors (Lipinski definition) is 2. The van der Waals surface area contributed by atoms with Crippen LogP contribution < -0.4 is 0 Å². The van der Waals surface area contributed by atoms with Gasteiger partial charge in [-0.3, -0.25) is 4.79 Å². The van der Waals surface area contributed by atoms with Crippen molar-refractivity contribution in [2.75, 3.05) is 0 Å². The van der Waals surface area contributed by atoms with Crippen molar-refractivity contribution >= 4 is 18.0 Å². The van der Waals surface area contributed by atoms with E-state index in [-0.39, 0.29) is 18.0 Å². The smallest absolute Gasteiger partial charge is 0.328 e. The number of likely N-dealkylation sites (tertiary alicyclic amines) is 1. The van der Waals surface area contributed by atoms with E-state index in [0.29, 0.717) is 5.56 Å². The Morgan fingerprint density at radius 2 is 1.71 bits per heavy atom. The maximum absolute atomic E-state index is 12.6. The number of amides is 1. The number of carboxylic acids is 1. The zero-order valence-electron chi connectivity index (χ0n) is 12.5. The molecule has 1 amide bonds. The summed E-state index contributed by atoms with van der Waals surface area (Å²) in [5.41, 5.74) is 1.43. The molecule has 4 nitrogen and oxygen atoms in total. The van der Waals surface area contributed by atoms with Crippen molar-refractivity contribution in [3.63, 3.8) is 0 Å². The Kier molecular flexibility index (Phi) is 4.78. The molecule has 4 heteroatoms. The van der Waals surface area contributed by atoms with E-state index in [2.05, 4.69) is 13.8 Å². The van der Waals surface area contributed by atoms with Crippen molar-refractivity contribution in [1.29, 1.82) is 0 Å². The van der Waals surface area contributed by atoms with Gasteiger partial charge < -0.3 is 10.0 Å². The summed E-state index contributed by atoms with van der Waals surface area (Å²) in [7, 11) is 0. The molecule has 112 valence electrons. The predicted molar refractivity (Wildman–Crippen MR) is 82.1 cm³/mol. The number of hydrogen-bond donors (Lipinski definition) is 1. The van der Waals surface area contributed by atoms with Gasteiger partial charge in [-0.05, 0) is 56.9 Å². The molecule has 1 N–H and O–H groups in total. The van der Waals surface area contributed by atoms with Crippen molar-refractivity contribution in [2.24, 2.45) is 0 Å². The van der Waals surface area contributed by atoms with E-state index in [9.17, 15) is 9.59 Å². The molecule has 1 aromatic carbocycles. The Balaban J connectivity index is 2.14. The van der Waals surface area contributed by atoms with Crippen LogP contribution in [0, 0.1) is 0 Å². The largest absolute Gasteiger partial charge is 0.478 e. The van der Waals surface area contributed by atoms with Crippen LogP contribution in [0.5, 0.6) is 0 Å². The summed E-state index contributed by atoms with van der Waals surface area (Å²) < 4.78 is 0. The van der Waals surface area contributed by atoms with E-state index in [1.807, 2.05) is 4.90 Å². The summed E-state index contributed by atoms with van der Waals surface area (Å²) in [6.45, 7) is 4.19. The van der Waals surface area contributed by atoms with Crippen LogP contribution in [0.1, 0.15) is 49.0 Å². The molecule has 1 saturated heterocycles. The number of carboxylic acid groups (broad SMARTS) is 1. The Labute approximate surface area is 125 Å². The molecule has 0 bridgehead atoms. The number of benzene rings is 1. The molecule has 1 aliphatic heterocycles. The molecule has 1 aromatic rings. The fourth-order valence-electron chi connectivity index (χ4n) is 2.87. The normalized spacial score (nSPS) is 22.5. The van der Waals surface area contributed by atoms with Gasteiger partial charge in [-0.1, -0.05) is 12.1 Å². The fraction of sp³-hybridized carbons (Fsp3) is 0.412. The van der Waals surface area contributed by atoms with Crippen LogP contribution in [-0.4, -0.2) is 34.0 Å². The van der Waals surface area contributed by atoms with Crippen LogP contribution >= 0.6 is 0 Å². The maximum Gasteiger partial charge on any atom is 0.328 e. The summed E-state index contributed by atoms with van der Waals surface area (Å²) in [6.07, 6.45) is 5.88. The third-order valence-electron chi connectivity index (χ3n) is 4.00. The second kappa shape index (κ2) is 6.57. The van der Waals surface area contributed by atoms with E-state index in [4.69, 9.17) is 5.11 Å². The van der Waals surface area contributed by atoms with Crippen molar-refractivity contribution in [3.8, 4) is 0 Å². The second-order valence-electron chi connectivity index (χ2n) is 5.63. The van der Waals surface area contributed by atoms with E-state index < -0.39 is 5.97 Å². The first kappa shape index (κ1) is 15.3. The summed E-state index contributed by atoms with van der Waals surface area (Å²) in [4.78, 5) is 25.1. The molecule has 21 heavy (non-hydrogen) atoms.